The Hall–Kier alpha value is -0.570. The Morgan fingerprint density at radius 1 is 1.30 bits per heavy atom. The molecule has 0 radical (unpaired) electrons. The number of rotatable bonds is 3. The molecule has 1 amide bonds. The highest BCUT2D eigenvalue weighted by Crippen LogP contribution is 2.42. The van der Waals surface area contributed by atoms with Gasteiger partial charge in [0, 0.05) is 6.04 Å². The van der Waals surface area contributed by atoms with E-state index in [1.807, 2.05) is 0 Å². The van der Waals surface area contributed by atoms with E-state index in [9.17, 15) is 4.79 Å². The van der Waals surface area contributed by atoms with E-state index in [0.717, 1.165) is 12.8 Å². The molecule has 0 aromatic carbocycles. The van der Waals surface area contributed by atoms with Crippen molar-refractivity contribution in [2.24, 2.45) is 11.3 Å². The quantitative estimate of drug-likeness (QED) is 0.857. The average Bonchev–Trinajstić information content (AvgIpc) is 2.63. The van der Waals surface area contributed by atoms with Crippen molar-refractivity contribution in [1.82, 2.24) is 10.2 Å². The van der Waals surface area contributed by atoms with Crippen molar-refractivity contribution in [2.45, 2.75) is 91.4 Å². The molecule has 2 aliphatic rings. The minimum Gasteiger partial charge on any atom is -0.322 e. The molecule has 3 unspecified atom stereocenters. The zero-order valence-corrected chi connectivity index (χ0v) is 14.1. The second-order valence-electron chi connectivity index (χ2n) is 7.98. The molecule has 1 heterocycles. The van der Waals surface area contributed by atoms with Gasteiger partial charge >= 0.3 is 0 Å². The average molecular weight is 280 g/mol. The Labute approximate surface area is 124 Å². The van der Waals surface area contributed by atoms with Crippen molar-refractivity contribution in [3.8, 4) is 0 Å². The molecule has 116 valence electrons. The SMILES string of the molecule is CCC1(C)NC(C(C)C)N(C2CCCCC2(C)C)C1=O. The van der Waals surface area contributed by atoms with E-state index in [0.29, 0.717) is 17.9 Å². The lowest BCUT2D eigenvalue weighted by Gasteiger charge is -2.46. The first-order valence-corrected chi connectivity index (χ1v) is 8.33. The number of amides is 1. The van der Waals surface area contributed by atoms with Crippen molar-refractivity contribution in [2.75, 3.05) is 0 Å². The summed E-state index contributed by atoms with van der Waals surface area (Å²) >= 11 is 0. The number of nitrogens with zero attached hydrogens (tertiary/aromatic N) is 1. The van der Waals surface area contributed by atoms with E-state index in [1.165, 1.54) is 19.3 Å². The fraction of sp³-hybridized carbons (Fsp3) is 0.941. The normalized spacial score (nSPS) is 37.8. The first kappa shape index (κ1) is 15.8. The number of hydrogen-bond acceptors (Lipinski definition) is 2. The van der Waals surface area contributed by atoms with Crippen LogP contribution in [0.25, 0.3) is 0 Å². The van der Waals surface area contributed by atoms with Gasteiger partial charge in [0.1, 0.15) is 0 Å². The zero-order chi connectivity index (χ0) is 15.1. The summed E-state index contributed by atoms with van der Waals surface area (Å²) in [7, 11) is 0. The predicted molar refractivity (Wildman–Crippen MR) is 83.3 cm³/mol. The molecular weight excluding hydrogens is 248 g/mol. The maximum Gasteiger partial charge on any atom is 0.244 e. The highest BCUT2D eigenvalue weighted by atomic mass is 16.2. The van der Waals surface area contributed by atoms with E-state index in [1.54, 1.807) is 0 Å². The van der Waals surface area contributed by atoms with Gasteiger partial charge in [-0.25, -0.2) is 0 Å². The standard InChI is InChI=1S/C17H32N2O/c1-7-17(6)15(20)19(14(18-17)12(2)3)13-10-8-9-11-16(13,4)5/h12-14,18H,7-11H2,1-6H3. The Bertz CT molecular complexity index is 377. The Kier molecular flexibility index (Phi) is 4.21. The number of carbonyl (C=O) groups is 1. The van der Waals surface area contributed by atoms with Crippen LogP contribution in [0.5, 0.6) is 0 Å². The van der Waals surface area contributed by atoms with Crippen LogP contribution in [-0.4, -0.2) is 28.6 Å². The van der Waals surface area contributed by atoms with Gasteiger partial charge in [0.25, 0.3) is 0 Å². The predicted octanol–water partition coefficient (Wildman–Crippen LogP) is 3.54. The van der Waals surface area contributed by atoms with Crippen LogP contribution in [-0.2, 0) is 4.79 Å². The number of nitrogens with one attached hydrogen (secondary N) is 1. The van der Waals surface area contributed by atoms with Crippen LogP contribution in [0.3, 0.4) is 0 Å². The summed E-state index contributed by atoms with van der Waals surface area (Å²) in [6.07, 6.45) is 5.99. The van der Waals surface area contributed by atoms with Gasteiger partial charge in [0.2, 0.25) is 5.91 Å². The lowest BCUT2D eigenvalue weighted by Crippen LogP contribution is -2.54. The topological polar surface area (TPSA) is 32.3 Å². The molecular formula is C17H32N2O. The minimum absolute atomic E-state index is 0.190. The van der Waals surface area contributed by atoms with Crippen molar-refractivity contribution >= 4 is 5.91 Å². The smallest absolute Gasteiger partial charge is 0.244 e. The van der Waals surface area contributed by atoms with Gasteiger partial charge in [-0.2, -0.15) is 0 Å². The van der Waals surface area contributed by atoms with Crippen molar-refractivity contribution in [1.29, 1.82) is 0 Å². The highest BCUT2D eigenvalue weighted by Gasteiger charge is 2.52. The molecule has 20 heavy (non-hydrogen) atoms. The molecule has 3 nitrogen and oxygen atoms in total. The lowest BCUT2D eigenvalue weighted by atomic mass is 9.72. The first-order valence-electron chi connectivity index (χ1n) is 8.33. The molecule has 3 heteroatoms. The maximum atomic E-state index is 13.0. The van der Waals surface area contributed by atoms with Gasteiger partial charge < -0.3 is 4.90 Å². The molecule has 0 bridgehead atoms. The third kappa shape index (κ3) is 2.49. The minimum atomic E-state index is -0.373. The van der Waals surface area contributed by atoms with Gasteiger partial charge in [-0.05, 0) is 37.5 Å². The van der Waals surface area contributed by atoms with Crippen molar-refractivity contribution in [3.63, 3.8) is 0 Å². The molecule has 3 atom stereocenters. The third-order valence-corrected chi connectivity index (χ3v) is 5.60. The van der Waals surface area contributed by atoms with Crippen LogP contribution in [0, 0.1) is 11.3 Å². The van der Waals surface area contributed by atoms with Gasteiger partial charge in [-0.3, -0.25) is 10.1 Å². The first-order chi connectivity index (χ1) is 9.23. The highest BCUT2D eigenvalue weighted by molar-refractivity contribution is 5.88. The summed E-state index contributed by atoms with van der Waals surface area (Å²) in [5.41, 5.74) is -0.135. The van der Waals surface area contributed by atoms with Crippen LogP contribution in [0.4, 0.5) is 0 Å². The monoisotopic (exact) mass is 280 g/mol. The molecule has 1 saturated heterocycles. The largest absolute Gasteiger partial charge is 0.322 e. The van der Waals surface area contributed by atoms with E-state index < -0.39 is 0 Å². The zero-order valence-electron chi connectivity index (χ0n) is 14.1. The summed E-state index contributed by atoms with van der Waals surface area (Å²) in [4.78, 5) is 15.2. The molecule has 1 saturated carbocycles. The number of hydrogen-bond donors (Lipinski definition) is 1. The van der Waals surface area contributed by atoms with Crippen LogP contribution >= 0.6 is 0 Å². The van der Waals surface area contributed by atoms with Crippen molar-refractivity contribution in [3.05, 3.63) is 0 Å². The van der Waals surface area contributed by atoms with Gasteiger partial charge in [-0.15, -0.1) is 0 Å². The Balaban J connectivity index is 2.33. The maximum absolute atomic E-state index is 13.0. The van der Waals surface area contributed by atoms with Crippen LogP contribution in [0.1, 0.15) is 73.6 Å². The van der Waals surface area contributed by atoms with Gasteiger partial charge in [0.05, 0.1) is 11.7 Å². The fourth-order valence-electron chi connectivity index (χ4n) is 3.94. The van der Waals surface area contributed by atoms with E-state index in [2.05, 4.69) is 51.8 Å². The van der Waals surface area contributed by atoms with Gasteiger partial charge in [-0.1, -0.05) is 47.5 Å². The van der Waals surface area contributed by atoms with E-state index >= 15 is 0 Å². The third-order valence-electron chi connectivity index (χ3n) is 5.60. The molecule has 0 spiro atoms. The second kappa shape index (κ2) is 5.32. The summed E-state index contributed by atoms with van der Waals surface area (Å²) in [6, 6.07) is 0.386. The summed E-state index contributed by atoms with van der Waals surface area (Å²) in [5.74, 6) is 0.767. The van der Waals surface area contributed by atoms with Gasteiger partial charge in [0.15, 0.2) is 0 Å². The molecule has 1 aliphatic heterocycles. The second-order valence-corrected chi connectivity index (χ2v) is 7.98. The molecule has 1 N–H and O–H groups in total. The number of carbonyl (C=O) groups excluding carboxylic acids is 1. The molecule has 0 aromatic rings. The molecule has 0 aromatic heterocycles. The Morgan fingerprint density at radius 3 is 2.45 bits per heavy atom. The van der Waals surface area contributed by atoms with Crippen LogP contribution in [0.2, 0.25) is 0 Å². The summed E-state index contributed by atoms with van der Waals surface area (Å²) in [5, 5.41) is 3.63. The summed E-state index contributed by atoms with van der Waals surface area (Å²) in [6.45, 7) is 13.3. The van der Waals surface area contributed by atoms with E-state index in [-0.39, 0.29) is 17.1 Å². The van der Waals surface area contributed by atoms with Crippen LogP contribution in [0.15, 0.2) is 0 Å². The Morgan fingerprint density at radius 2 is 1.95 bits per heavy atom. The van der Waals surface area contributed by atoms with E-state index in [4.69, 9.17) is 0 Å². The molecule has 2 fully saturated rings. The summed E-state index contributed by atoms with van der Waals surface area (Å²) < 4.78 is 0. The molecule has 1 aliphatic carbocycles. The fourth-order valence-corrected chi connectivity index (χ4v) is 3.94. The lowest BCUT2D eigenvalue weighted by molar-refractivity contribution is -0.139. The molecule has 2 rings (SSSR count). The van der Waals surface area contributed by atoms with Crippen LogP contribution < -0.4 is 5.32 Å². The van der Waals surface area contributed by atoms with Crippen molar-refractivity contribution < 1.29 is 4.79 Å².